The zero-order valence-corrected chi connectivity index (χ0v) is 9.50. The molecule has 1 aromatic heterocycles. The lowest BCUT2D eigenvalue weighted by Crippen LogP contribution is -1.99. The number of benzene rings is 1. The molecule has 1 N–H and O–H groups in total. The predicted octanol–water partition coefficient (Wildman–Crippen LogP) is 3.07. The van der Waals surface area contributed by atoms with Crippen molar-refractivity contribution in [2.75, 3.05) is 0 Å². The highest BCUT2D eigenvalue weighted by Gasteiger charge is 2.11. The Bertz CT molecular complexity index is 430. The normalized spacial score (nSPS) is 12.7. The zero-order valence-electron chi connectivity index (χ0n) is 7.93. The molecule has 0 aliphatic heterocycles. The molecule has 0 saturated carbocycles. The summed E-state index contributed by atoms with van der Waals surface area (Å²) in [5.41, 5.74) is 2.67. The number of halogens is 1. The minimum absolute atomic E-state index is 0.516. The SMILES string of the molecule is OC(Cc1ccccc1Cl)c1cncs1. The highest BCUT2D eigenvalue weighted by molar-refractivity contribution is 7.09. The first-order chi connectivity index (χ1) is 7.27. The van der Waals surface area contributed by atoms with E-state index in [0.717, 1.165) is 10.4 Å². The molecule has 4 heteroatoms. The Hall–Kier alpha value is -0.900. The van der Waals surface area contributed by atoms with E-state index < -0.39 is 6.10 Å². The van der Waals surface area contributed by atoms with Crippen LogP contribution in [0, 0.1) is 0 Å². The maximum atomic E-state index is 9.90. The highest BCUT2D eigenvalue weighted by atomic mass is 35.5. The molecule has 78 valence electrons. The zero-order chi connectivity index (χ0) is 10.7. The first-order valence-electron chi connectivity index (χ1n) is 4.57. The van der Waals surface area contributed by atoms with Crippen LogP contribution in [0.4, 0.5) is 0 Å². The number of aliphatic hydroxyl groups excluding tert-OH is 1. The van der Waals surface area contributed by atoms with E-state index >= 15 is 0 Å². The summed E-state index contributed by atoms with van der Waals surface area (Å²) in [6.45, 7) is 0. The molecule has 0 radical (unpaired) electrons. The molecular weight excluding hydrogens is 230 g/mol. The number of aliphatic hydroxyl groups is 1. The van der Waals surface area contributed by atoms with E-state index in [0.29, 0.717) is 11.4 Å². The van der Waals surface area contributed by atoms with Crippen molar-refractivity contribution in [1.82, 2.24) is 4.98 Å². The molecule has 2 aromatic rings. The van der Waals surface area contributed by atoms with E-state index in [9.17, 15) is 5.11 Å². The maximum absolute atomic E-state index is 9.90. The molecule has 0 fully saturated rings. The lowest BCUT2D eigenvalue weighted by Gasteiger charge is -2.09. The van der Waals surface area contributed by atoms with Crippen molar-refractivity contribution in [3.05, 3.63) is 51.4 Å². The van der Waals surface area contributed by atoms with Crippen molar-refractivity contribution >= 4 is 22.9 Å². The standard InChI is InChI=1S/C11H10ClNOS/c12-9-4-2-1-3-8(9)5-10(14)11-6-13-7-15-11/h1-4,6-7,10,14H,5H2. The third kappa shape index (κ3) is 2.56. The first kappa shape index (κ1) is 10.6. The number of nitrogens with zero attached hydrogens (tertiary/aromatic N) is 1. The van der Waals surface area contributed by atoms with Gasteiger partial charge in [0.05, 0.1) is 16.5 Å². The van der Waals surface area contributed by atoms with Crippen molar-refractivity contribution in [1.29, 1.82) is 0 Å². The smallest absolute Gasteiger partial charge is 0.0938 e. The summed E-state index contributed by atoms with van der Waals surface area (Å²) in [4.78, 5) is 4.80. The third-order valence-electron chi connectivity index (χ3n) is 2.15. The lowest BCUT2D eigenvalue weighted by atomic mass is 10.1. The van der Waals surface area contributed by atoms with Gasteiger partial charge in [0.25, 0.3) is 0 Å². The van der Waals surface area contributed by atoms with Gasteiger partial charge in [-0.25, -0.2) is 0 Å². The lowest BCUT2D eigenvalue weighted by molar-refractivity contribution is 0.182. The highest BCUT2D eigenvalue weighted by Crippen LogP contribution is 2.24. The van der Waals surface area contributed by atoms with Crippen LogP contribution in [-0.2, 0) is 6.42 Å². The van der Waals surface area contributed by atoms with Crippen LogP contribution in [0.3, 0.4) is 0 Å². The van der Waals surface area contributed by atoms with Gasteiger partial charge in [0.15, 0.2) is 0 Å². The van der Waals surface area contributed by atoms with Crippen molar-refractivity contribution in [2.24, 2.45) is 0 Å². The Morgan fingerprint density at radius 3 is 2.87 bits per heavy atom. The van der Waals surface area contributed by atoms with Crippen molar-refractivity contribution in [2.45, 2.75) is 12.5 Å². The summed E-state index contributed by atoms with van der Waals surface area (Å²) in [5, 5.41) is 10.6. The molecular formula is C11H10ClNOS. The van der Waals surface area contributed by atoms with Crippen LogP contribution >= 0.6 is 22.9 Å². The quantitative estimate of drug-likeness (QED) is 0.893. The van der Waals surface area contributed by atoms with Gasteiger partial charge in [0.1, 0.15) is 0 Å². The van der Waals surface area contributed by atoms with E-state index in [1.807, 2.05) is 24.3 Å². The molecule has 0 saturated heterocycles. The molecule has 0 aliphatic carbocycles. The van der Waals surface area contributed by atoms with Crippen LogP contribution in [0.15, 0.2) is 36.0 Å². The third-order valence-corrected chi connectivity index (χ3v) is 3.40. The van der Waals surface area contributed by atoms with Gasteiger partial charge in [-0.3, -0.25) is 4.98 Å². The number of aromatic nitrogens is 1. The van der Waals surface area contributed by atoms with E-state index in [4.69, 9.17) is 11.6 Å². The summed E-state index contributed by atoms with van der Waals surface area (Å²) in [6.07, 6.45) is 1.70. The summed E-state index contributed by atoms with van der Waals surface area (Å²) in [5.74, 6) is 0. The second kappa shape index (κ2) is 4.75. The van der Waals surface area contributed by atoms with Gasteiger partial charge in [0.2, 0.25) is 0 Å². The number of hydrogen-bond acceptors (Lipinski definition) is 3. The van der Waals surface area contributed by atoms with E-state index in [-0.39, 0.29) is 0 Å². The van der Waals surface area contributed by atoms with Crippen LogP contribution in [0.1, 0.15) is 16.5 Å². The van der Waals surface area contributed by atoms with Gasteiger partial charge in [-0.2, -0.15) is 0 Å². The minimum Gasteiger partial charge on any atom is -0.387 e. The largest absolute Gasteiger partial charge is 0.387 e. The van der Waals surface area contributed by atoms with Crippen LogP contribution in [0.2, 0.25) is 5.02 Å². The molecule has 0 bridgehead atoms. The van der Waals surface area contributed by atoms with Crippen LogP contribution in [0.25, 0.3) is 0 Å². The molecule has 2 nitrogen and oxygen atoms in total. The molecule has 2 rings (SSSR count). The average molecular weight is 240 g/mol. The van der Waals surface area contributed by atoms with E-state index in [1.54, 1.807) is 11.7 Å². The molecule has 0 spiro atoms. The Kier molecular flexibility index (Phi) is 3.36. The maximum Gasteiger partial charge on any atom is 0.0938 e. The second-order valence-electron chi connectivity index (χ2n) is 3.22. The Balaban J connectivity index is 2.13. The molecule has 1 atom stereocenters. The van der Waals surface area contributed by atoms with Crippen molar-refractivity contribution < 1.29 is 5.11 Å². The topological polar surface area (TPSA) is 33.1 Å². The fraction of sp³-hybridized carbons (Fsp3) is 0.182. The molecule has 1 heterocycles. The summed E-state index contributed by atoms with van der Waals surface area (Å²) in [6, 6.07) is 7.55. The molecule has 0 aliphatic rings. The predicted molar refractivity (Wildman–Crippen MR) is 62.2 cm³/mol. The van der Waals surface area contributed by atoms with E-state index in [1.165, 1.54) is 11.3 Å². The Labute approximate surface area is 97.2 Å². The van der Waals surface area contributed by atoms with Gasteiger partial charge >= 0.3 is 0 Å². The van der Waals surface area contributed by atoms with Gasteiger partial charge in [-0.05, 0) is 11.6 Å². The second-order valence-corrected chi connectivity index (χ2v) is 4.54. The molecule has 15 heavy (non-hydrogen) atoms. The number of thiazole rings is 1. The molecule has 1 aromatic carbocycles. The summed E-state index contributed by atoms with van der Waals surface area (Å²) < 4.78 is 0. The van der Waals surface area contributed by atoms with Gasteiger partial charge in [0, 0.05) is 17.6 Å². The van der Waals surface area contributed by atoms with Gasteiger partial charge in [-0.1, -0.05) is 29.8 Å². The first-order valence-corrected chi connectivity index (χ1v) is 5.83. The van der Waals surface area contributed by atoms with Crippen LogP contribution in [-0.4, -0.2) is 10.1 Å². The van der Waals surface area contributed by atoms with Crippen LogP contribution < -0.4 is 0 Å². The fourth-order valence-corrected chi connectivity index (χ4v) is 2.18. The van der Waals surface area contributed by atoms with Gasteiger partial charge < -0.3 is 5.11 Å². The molecule has 0 amide bonds. The minimum atomic E-state index is -0.516. The number of hydrogen-bond donors (Lipinski definition) is 1. The summed E-state index contributed by atoms with van der Waals surface area (Å²) in [7, 11) is 0. The van der Waals surface area contributed by atoms with Crippen LogP contribution in [0.5, 0.6) is 0 Å². The van der Waals surface area contributed by atoms with Crippen molar-refractivity contribution in [3.8, 4) is 0 Å². The van der Waals surface area contributed by atoms with E-state index in [2.05, 4.69) is 4.98 Å². The summed E-state index contributed by atoms with van der Waals surface area (Å²) >= 11 is 7.46. The Morgan fingerprint density at radius 1 is 1.40 bits per heavy atom. The molecule has 1 unspecified atom stereocenters. The van der Waals surface area contributed by atoms with Crippen molar-refractivity contribution in [3.63, 3.8) is 0 Å². The monoisotopic (exact) mass is 239 g/mol. The number of rotatable bonds is 3. The van der Waals surface area contributed by atoms with Gasteiger partial charge in [-0.15, -0.1) is 11.3 Å². The average Bonchev–Trinajstić information content (AvgIpc) is 2.74. The Morgan fingerprint density at radius 2 is 2.20 bits per heavy atom. The fourth-order valence-electron chi connectivity index (χ4n) is 1.36.